The molecule has 1 aliphatic rings. The molecule has 0 radical (unpaired) electrons. The Kier molecular flexibility index (Phi) is 3.06. The lowest BCUT2D eigenvalue weighted by Crippen LogP contribution is -2.42. The largest absolute Gasteiger partial charge is 0.393 e. The summed E-state index contributed by atoms with van der Waals surface area (Å²) in [5.74, 6) is 1.64. The molecule has 0 spiro atoms. The Morgan fingerprint density at radius 3 is 2.08 bits per heavy atom. The highest BCUT2D eigenvalue weighted by molar-refractivity contribution is 4.89. The van der Waals surface area contributed by atoms with Crippen LogP contribution in [0.15, 0.2) is 0 Å². The van der Waals surface area contributed by atoms with E-state index >= 15 is 0 Å². The fourth-order valence-corrected chi connectivity index (χ4v) is 2.52. The SMILES string of the molecule is CC1CCC(C(C)(C)C)C(O)C1C. The summed E-state index contributed by atoms with van der Waals surface area (Å²) in [4.78, 5) is 0. The number of hydrogen-bond acceptors (Lipinski definition) is 1. The minimum atomic E-state index is -0.0938. The van der Waals surface area contributed by atoms with Gasteiger partial charge in [0.1, 0.15) is 0 Å². The van der Waals surface area contributed by atoms with Gasteiger partial charge in [-0.25, -0.2) is 0 Å². The monoisotopic (exact) mass is 184 g/mol. The third-order valence-electron chi connectivity index (χ3n) is 3.89. The Morgan fingerprint density at radius 1 is 1.08 bits per heavy atom. The number of hydrogen-bond donors (Lipinski definition) is 1. The zero-order valence-electron chi connectivity index (χ0n) is 9.67. The van der Waals surface area contributed by atoms with E-state index in [9.17, 15) is 5.11 Å². The number of aliphatic hydroxyl groups is 1. The lowest BCUT2D eigenvalue weighted by atomic mass is 9.64. The van der Waals surface area contributed by atoms with E-state index < -0.39 is 0 Å². The van der Waals surface area contributed by atoms with Gasteiger partial charge in [0.2, 0.25) is 0 Å². The molecule has 1 nitrogen and oxygen atoms in total. The van der Waals surface area contributed by atoms with E-state index in [4.69, 9.17) is 0 Å². The molecule has 4 unspecified atom stereocenters. The van der Waals surface area contributed by atoms with E-state index in [1.807, 2.05) is 0 Å². The quantitative estimate of drug-likeness (QED) is 0.613. The van der Waals surface area contributed by atoms with Crippen LogP contribution in [0.3, 0.4) is 0 Å². The van der Waals surface area contributed by atoms with Crippen LogP contribution in [-0.2, 0) is 0 Å². The molecule has 0 aliphatic heterocycles. The first-order valence-electron chi connectivity index (χ1n) is 5.52. The maximum absolute atomic E-state index is 10.1. The topological polar surface area (TPSA) is 20.2 Å². The molecule has 78 valence electrons. The molecule has 0 heterocycles. The maximum Gasteiger partial charge on any atom is 0.0601 e. The average Bonchev–Trinajstić information content (AvgIpc) is 1.98. The van der Waals surface area contributed by atoms with E-state index in [-0.39, 0.29) is 11.5 Å². The molecule has 1 saturated carbocycles. The van der Waals surface area contributed by atoms with Gasteiger partial charge in [-0.15, -0.1) is 0 Å². The van der Waals surface area contributed by atoms with E-state index in [0.29, 0.717) is 17.8 Å². The third-order valence-corrected chi connectivity index (χ3v) is 3.89. The van der Waals surface area contributed by atoms with Crippen molar-refractivity contribution in [2.24, 2.45) is 23.2 Å². The van der Waals surface area contributed by atoms with Crippen LogP contribution in [0.1, 0.15) is 47.5 Å². The minimum Gasteiger partial charge on any atom is -0.393 e. The highest BCUT2D eigenvalue weighted by Gasteiger charge is 2.39. The molecule has 1 N–H and O–H groups in total. The zero-order chi connectivity index (χ0) is 10.2. The summed E-state index contributed by atoms with van der Waals surface area (Å²) in [5, 5.41) is 10.1. The van der Waals surface area contributed by atoms with Crippen molar-refractivity contribution in [2.75, 3.05) is 0 Å². The second-order valence-corrected chi connectivity index (χ2v) is 5.88. The van der Waals surface area contributed by atoms with Crippen molar-refractivity contribution < 1.29 is 5.11 Å². The Morgan fingerprint density at radius 2 is 1.62 bits per heavy atom. The van der Waals surface area contributed by atoms with Crippen molar-refractivity contribution in [1.29, 1.82) is 0 Å². The fourth-order valence-electron chi connectivity index (χ4n) is 2.52. The Hall–Kier alpha value is -0.0400. The van der Waals surface area contributed by atoms with E-state index in [1.54, 1.807) is 0 Å². The van der Waals surface area contributed by atoms with Crippen LogP contribution in [0.5, 0.6) is 0 Å². The van der Waals surface area contributed by atoms with Gasteiger partial charge in [0.25, 0.3) is 0 Å². The summed E-state index contributed by atoms with van der Waals surface area (Å²) in [6.45, 7) is 11.2. The summed E-state index contributed by atoms with van der Waals surface area (Å²) in [7, 11) is 0. The molecule has 4 atom stereocenters. The van der Waals surface area contributed by atoms with Crippen molar-refractivity contribution >= 4 is 0 Å². The second kappa shape index (κ2) is 3.61. The van der Waals surface area contributed by atoms with E-state index in [1.165, 1.54) is 12.8 Å². The van der Waals surface area contributed by atoms with Crippen molar-refractivity contribution in [1.82, 2.24) is 0 Å². The summed E-state index contributed by atoms with van der Waals surface area (Å²) in [6.07, 6.45) is 2.37. The van der Waals surface area contributed by atoms with E-state index in [0.717, 1.165) is 0 Å². The zero-order valence-corrected chi connectivity index (χ0v) is 9.67. The summed E-state index contributed by atoms with van der Waals surface area (Å²) in [5.41, 5.74) is 0.258. The fraction of sp³-hybridized carbons (Fsp3) is 1.00. The van der Waals surface area contributed by atoms with Crippen LogP contribution < -0.4 is 0 Å². The van der Waals surface area contributed by atoms with Gasteiger partial charge < -0.3 is 5.11 Å². The maximum atomic E-state index is 10.1. The van der Waals surface area contributed by atoms with Gasteiger partial charge in [0.05, 0.1) is 6.10 Å². The molecule has 0 amide bonds. The Balaban J connectivity index is 2.70. The molecule has 1 aliphatic carbocycles. The predicted octanol–water partition coefficient (Wildman–Crippen LogP) is 3.08. The Labute approximate surface area is 82.5 Å². The van der Waals surface area contributed by atoms with Gasteiger partial charge in [-0.05, 0) is 36.0 Å². The standard InChI is InChI=1S/C12H24O/c1-8-6-7-10(12(3,4)5)11(13)9(8)2/h8-11,13H,6-7H2,1-5H3. The van der Waals surface area contributed by atoms with Crippen LogP contribution in [0.2, 0.25) is 0 Å². The van der Waals surface area contributed by atoms with Gasteiger partial charge in [0, 0.05) is 0 Å². The summed E-state index contributed by atoms with van der Waals surface area (Å²) in [6, 6.07) is 0. The lowest BCUT2D eigenvalue weighted by Gasteiger charge is -2.43. The number of rotatable bonds is 0. The first-order chi connectivity index (χ1) is 5.84. The predicted molar refractivity (Wildman–Crippen MR) is 56.5 cm³/mol. The molecule has 0 saturated heterocycles. The van der Waals surface area contributed by atoms with Gasteiger partial charge in [-0.2, -0.15) is 0 Å². The molecule has 13 heavy (non-hydrogen) atoms. The molecule has 0 aromatic carbocycles. The van der Waals surface area contributed by atoms with Crippen LogP contribution in [0.25, 0.3) is 0 Å². The lowest BCUT2D eigenvalue weighted by molar-refractivity contribution is -0.0452. The van der Waals surface area contributed by atoms with Crippen LogP contribution in [-0.4, -0.2) is 11.2 Å². The second-order valence-electron chi connectivity index (χ2n) is 5.88. The van der Waals surface area contributed by atoms with Crippen molar-refractivity contribution in [3.8, 4) is 0 Å². The first-order valence-corrected chi connectivity index (χ1v) is 5.52. The smallest absolute Gasteiger partial charge is 0.0601 e. The van der Waals surface area contributed by atoms with Crippen LogP contribution >= 0.6 is 0 Å². The van der Waals surface area contributed by atoms with Crippen LogP contribution in [0.4, 0.5) is 0 Å². The van der Waals surface area contributed by atoms with E-state index in [2.05, 4.69) is 34.6 Å². The van der Waals surface area contributed by atoms with Gasteiger partial charge >= 0.3 is 0 Å². The molecule has 1 fully saturated rings. The third kappa shape index (κ3) is 2.25. The number of aliphatic hydroxyl groups excluding tert-OH is 1. The van der Waals surface area contributed by atoms with Gasteiger partial charge in [-0.1, -0.05) is 34.6 Å². The Bertz CT molecular complexity index is 168. The molecule has 1 heteroatoms. The highest BCUT2D eigenvalue weighted by atomic mass is 16.3. The van der Waals surface area contributed by atoms with Crippen molar-refractivity contribution in [2.45, 2.75) is 53.6 Å². The van der Waals surface area contributed by atoms with Gasteiger partial charge in [0.15, 0.2) is 0 Å². The van der Waals surface area contributed by atoms with Crippen molar-refractivity contribution in [3.63, 3.8) is 0 Å². The molecule has 0 aromatic rings. The molecular formula is C12H24O. The first kappa shape index (κ1) is 11.0. The molecule has 0 aromatic heterocycles. The summed E-state index contributed by atoms with van der Waals surface area (Å²) >= 11 is 0. The highest BCUT2D eigenvalue weighted by Crippen LogP contribution is 2.42. The van der Waals surface area contributed by atoms with Crippen LogP contribution in [0, 0.1) is 23.2 Å². The molecule has 1 rings (SSSR count). The molecular weight excluding hydrogens is 160 g/mol. The normalized spacial score (nSPS) is 42.0. The van der Waals surface area contributed by atoms with Crippen molar-refractivity contribution in [3.05, 3.63) is 0 Å². The molecule has 0 bridgehead atoms. The minimum absolute atomic E-state index is 0.0938. The average molecular weight is 184 g/mol. The summed E-state index contributed by atoms with van der Waals surface area (Å²) < 4.78 is 0. The van der Waals surface area contributed by atoms with Gasteiger partial charge in [-0.3, -0.25) is 0 Å².